The number of carboxylic acids is 1. The lowest BCUT2D eigenvalue weighted by Gasteiger charge is -2.27. The van der Waals surface area contributed by atoms with Gasteiger partial charge in [0.05, 0.1) is 0 Å². The van der Waals surface area contributed by atoms with Crippen molar-refractivity contribution in [2.45, 2.75) is 69.9 Å². The first-order chi connectivity index (χ1) is 10.9. The lowest BCUT2D eigenvalue weighted by Crippen LogP contribution is -2.44. The normalized spacial score (nSPS) is 24.1. The predicted octanol–water partition coefficient (Wildman–Crippen LogP) is 1.33. The third-order valence-electron chi connectivity index (χ3n) is 4.29. The molecule has 0 saturated heterocycles. The summed E-state index contributed by atoms with van der Waals surface area (Å²) in [5.74, 6) is -1.35. The van der Waals surface area contributed by atoms with E-state index in [1.54, 1.807) is 0 Å². The second kappa shape index (κ2) is 10.1. The number of hydrogen-bond donors (Lipinski definition) is 3. The number of carbonyl (C=O) groups excluding carboxylic acids is 1. The van der Waals surface area contributed by atoms with Gasteiger partial charge in [-0.15, -0.1) is 0 Å². The lowest BCUT2D eigenvalue weighted by atomic mass is 9.83. The van der Waals surface area contributed by atoms with Crippen LogP contribution in [0.5, 0.6) is 0 Å². The third kappa shape index (κ3) is 7.40. The van der Waals surface area contributed by atoms with Crippen molar-refractivity contribution >= 4 is 11.9 Å². The number of nitro groups is 1. The van der Waals surface area contributed by atoms with Crippen LogP contribution in [0.25, 0.3) is 0 Å². The van der Waals surface area contributed by atoms with Gasteiger partial charge in [-0.05, 0) is 25.7 Å². The van der Waals surface area contributed by atoms with E-state index >= 15 is 0 Å². The van der Waals surface area contributed by atoms with Crippen molar-refractivity contribution in [3.05, 3.63) is 10.1 Å². The Morgan fingerprint density at radius 2 is 1.78 bits per heavy atom. The Kier molecular flexibility index (Phi) is 8.53. The van der Waals surface area contributed by atoms with E-state index in [9.17, 15) is 24.8 Å². The molecule has 0 spiro atoms. The molecule has 1 amide bonds. The number of aliphatic hydroxyl groups excluding tert-OH is 1. The smallest absolute Gasteiger partial charge is 0.303 e. The second-order valence-electron chi connectivity index (χ2n) is 6.13. The number of amides is 1. The summed E-state index contributed by atoms with van der Waals surface area (Å²) in [5.41, 5.74) is 0. The summed E-state index contributed by atoms with van der Waals surface area (Å²) in [6.45, 7) is 0.528. The SMILES string of the molecule is O=C(O)CCCCCCCNC(=O)C1CCC(O)C([N+](=O)[O-])C1. The van der Waals surface area contributed by atoms with Crippen LogP contribution < -0.4 is 5.32 Å². The fraction of sp³-hybridized carbons (Fsp3) is 0.867. The standard InChI is InChI=1S/C15H26N2O6/c18-13-8-7-11(10-12(13)17(22)23)15(21)16-9-5-3-1-2-4-6-14(19)20/h11-13,18H,1-10H2,(H,16,21)(H,19,20). The number of carboxylic acid groups (broad SMARTS) is 1. The van der Waals surface area contributed by atoms with Gasteiger partial charge in [0.1, 0.15) is 6.10 Å². The monoisotopic (exact) mass is 330 g/mol. The maximum absolute atomic E-state index is 12.0. The molecule has 3 atom stereocenters. The molecule has 23 heavy (non-hydrogen) atoms. The van der Waals surface area contributed by atoms with Gasteiger partial charge in [0.25, 0.3) is 0 Å². The van der Waals surface area contributed by atoms with Crippen molar-refractivity contribution in [2.75, 3.05) is 6.54 Å². The highest BCUT2D eigenvalue weighted by Crippen LogP contribution is 2.26. The van der Waals surface area contributed by atoms with Crippen LogP contribution in [-0.2, 0) is 9.59 Å². The third-order valence-corrected chi connectivity index (χ3v) is 4.29. The Morgan fingerprint density at radius 1 is 1.13 bits per heavy atom. The number of rotatable bonds is 10. The molecule has 0 aromatic carbocycles. The fourth-order valence-corrected chi connectivity index (χ4v) is 2.88. The van der Waals surface area contributed by atoms with Crippen LogP contribution in [0.4, 0.5) is 0 Å². The Morgan fingerprint density at radius 3 is 2.43 bits per heavy atom. The van der Waals surface area contributed by atoms with Crippen molar-refractivity contribution in [3.63, 3.8) is 0 Å². The molecule has 1 fully saturated rings. The molecule has 0 bridgehead atoms. The highest BCUT2D eigenvalue weighted by atomic mass is 16.6. The van der Waals surface area contributed by atoms with E-state index in [1.165, 1.54) is 0 Å². The minimum absolute atomic E-state index is 0.0924. The molecular weight excluding hydrogens is 304 g/mol. The largest absolute Gasteiger partial charge is 0.481 e. The molecule has 0 heterocycles. The Balaban J connectivity index is 2.12. The quantitative estimate of drug-likeness (QED) is 0.315. The van der Waals surface area contributed by atoms with Gasteiger partial charge in [-0.3, -0.25) is 19.7 Å². The fourth-order valence-electron chi connectivity index (χ4n) is 2.88. The summed E-state index contributed by atoms with van der Waals surface area (Å²) in [6, 6.07) is -1.05. The van der Waals surface area contributed by atoms with Crippen LogP contribution >= 0.6 is 0 Å². The van der Waals surface area contributed by atoms with Crippen LogP contribution in [0.3, 0.4) is 0 Å². The highest BCUT2D eigenvalue weighted by molar-refractivity contribution is 5.78. The van der Waals surface area contributed by atoms with Crippen molar-refractivity contribution in [1.82, 2.24) is 5.32 Å². The van der Waals surface area contributed by atoms with Crippen LogP contribution in [0.2, 0.25) is 0 Å². The predicted molar refractivity (Wildman–Crippen MR) is 82.5 cm³/mol. The van der Waals surface area contributed by atoms with Crippen molar-refractivity contribution in [3.8, 4) is 0 Å². The second-order valence-corrected chi connectivity index (χ2v) is 6.13. The van der Waals surface area contributed by atoms with Gasteiger partial charge in [0, 0.05) is 30.2 Å². The summed E-state index contributed by atoms with van der Waals surface area (Å²) < 4.78 is 0. The van der Waals surface area contributed by atoms with E-state index in [0.717, 1.165) is 25.7 Å². The highest BCUT2D eigenvalue weighted by Gasteiger charge is 2.39. The average Bonchev–Trinajstić information content (AvgIpc) is 2.49. The van der Waals surface area contributed by atoms with Gasteiger partial charge in [-0.1, -0.05) is 19.3 Å². The lowest BCUT2D eigenvalue weighted by molar-refractivity contribution is -0.538. The molecule has 1 aliphatic carbocycles. The van der Waals surface area contributed by atoms with Gasteiger partial charge in [0.2, 0.25) is 11.9 Å². The van der Waals surface area contributed by atoms with Crippen molar-refractivity contribution < 1.29 is 24.7 Å². The molecule has 0 aromatic rings. The molecule has 0 aliphatic heterocycles. The average molecular weight is 330 g/mol. The molecule has 0 radical (unpaired) electrons. The number of aliphatic hydroxyl groups is 1. The maximum Gasteiger partial charge on any atom is 0.303 e. The molecule has 3 N–H and O–H groups in total. The summed E-state index contributed by atoms with van der Waals surface area (Å²) >= 11 is 0. The molecular formula is C15H26N2O6. The maximum atomic E-state index is 12.0. The minimum atomic E-state index is -1.05. The van der Waals surface area contributed by atoms with E-state index in [2.05, 4.69) is 5.32 Å². The number of hydrogen-bond acceptors (Lipinski definition) is 5. The number of carbonyl (C=O) groups is 2. The summed E-state index contributed by atoms with van der Waals surface area (Å²) in [7, 11) is 0. The molecule has 1 aliphatic rings. The van der Waals surface area contributed by atoms with Crippen LogP contribution in [0.1, 0.15) is 57.8 Å². The number of nitrogens with one attached hydrogen (secondary N) is 1. The van der Waals surface area contributed by atoms with Crippen molar-refractivity contribution in [1.29, 1.82) is 0 Å². The van der Waals surface area contributed by atoms with Gasteiger partial charge in [0.15, 0.2) is 0 Å². The van der Waals surface area contributed by atoms with Gasteiger partial charge in [-0.2, -0.15) is 0 Å². The van der Waals surface area contributed by atoms with Crippen LogP contribution in [0.15, 0.2) is 0 Å². The van der Waals surface area contributed by atoms with E-state index < -0.39 is 29.0 Å². The van der Waals surface area contributed by atoms with E-state index in [1.807, 2.05) is 0 Å². The minimum Gasteiger partial charge on any atom is -0.481 e. The molecule has 132 valence electrons. The zero-order chi connectivity index (χ0) is 17.2. The van der Waals surface area contributed by atoms with Gasteiger partial charge < -0.3 is 15.5 Å². The molecule has 8 heteroatoms. The van der Waals surface area contributed by atoms with Gasteiger partial charge in [-0.25, -0.2) is 0 Å². The molecule has 1 rings (SSSR count). The number of aliphatic carboxylic acids is 1. The summed E-state index contributed by atoms with van der Waals surface area (Å²) in [5, 5.41) is 31.7. The summed E-state index contributed by atoms with van der Waals surface area (Å²) in [4.78, 5) is 32.7. The van der Waals surface area contributed by atoms with E-state index in [-0.39, 0.29) is 25.2 Å². The first kappa shape index (κ1) is 19.3. The van der Waals surface area contributed by atoms with E-state index in [4.69, 9.17) is 5.11 Å². The molecule has 0 aromatic heterocycles. The first-order valence-electron chi connectivity index (χ1n) is 8.23. The molecule has 3 unspecified atom stereocenters. The van der Waals surface area contributed by atoms with E-state index in [0.29, 0.717) is 19.4 Å². The topological polar surface area (TPSA) is 130 Å². The zero-order valence-corrected chi connectivity index (χ0v) is 13.3. The Labute approximate surface area is 135 Å². The Hall–Kier alpha value is -1.70. The Bertz CT molecular complexity index is 415. The molecule has 1 saturated carbocycles. The number of nitrogens with zero attached hydrogens (tertiary/aromatic N) is 1. The molecule has 8 nitrogen and oxygen atoms in total. The zero-order valence-electron chi connectivity index (χ0n) is 13.3. The van der Waals surface area contributed by atoms with Crippen LogP contribution in [-0.4, -0.2) is 45.7 Å². The summed E-state index contributed by atoms with van der Waals surface area (Å²) in [6.07, 6.45) is 4.30. The van der Waals surface area contributed by atoms with Gasteiger partial charge >= 0.3 is 5.97 Å². The van der Waals surface area contributed by atoms with Crippen LogP contribution in [0, 0.1) is 16.0 Å². The number of unbranched alkanes of at least 4 members (excludes halogenated alkanes) is 4. The first-order valence-corrected chi connectivity index (χ1v) is 8.23. The van der Waals surface area contributed by atoms with Crippen molar-refractivity contribution in [2.24, 2.45) is 5.92 Å².